The molecule has 5 heteroatoms. The van der Waals surface area contributed by atoms with E-state index in [2.05, 4.69) is 11.4 Å². The Morgan fingerprint density at radius 3 is 2.53 bits per heavy atom. The summed E-state index contributed by atoms with van der Waals surface area (Å²) in [6.45, 7) is 0. The summed E-state index contributed by atoms with van der Waals surface area (Å²) >= 11 is 15.3. The number of thiophene rings is 1. The summed E-state index contributed by atoms with van der Waals surface area (Å²) in [4.78, 5) is 6.99. The smallest absolute Gasteiger partial charge is 0.134 e. The van der Waals surface area contributed by atoms with E-state index in [-0.39, 0.29) is 0 Å². The van der Waals surface area contributed by atoms with Crippen LogP contribution in [0.25, 0.3) is 21.1 Å². The monoisotopic (exact) mass is 325 g/mol. The normalized spacial score (nSPS) is 10.8. The highest BCUT2D eigenvalue weighted by molar-refractivity contribution is 7.21. The third-order valence-corrected chi connectivity index (χ3v) is 5.44. The fraction of sp³-hybridized carbons (Fsp3) is 0.0714. The molecule has 2 heterocycles. The van der Waals surface area contributed by atoms with E-state index < -0.39 is 0 Å². The van der Waals surface area contributed by atoms with Gasteiger partial charge in [-0.15, -0.1) is 34.3 Å². The molecule has 1 nitrogen and oxygen atoms in total. The molecule has 0 fully saturated rings. The average molecular weight is 326 g/mol. The summed E-state index contributed by atoms with van der Waals surface area (Å²) in [5.74, 6) is 0.473. The number of hydrogen-bond acceptors (Lipinski definition) is 3. The van der Waals surface area contributed by atoms with Crippen molar-refractivity contribution in [3.05, 3.63) is 51.7 Å². The van der Waals surface area contributed by atoms with Crippen LogP contribution in [0, 0.1) is 0 Å². The van der Waals surface area contributed by atoms with Crippen LogP contribution in [0.2, 0.25) is 5.02 Å². The van der Waals surface area contributed by atoms with E-state index in [0.29, 0.717) is 5.88 Å². The van der Waals surface area contributed by atoms with Crippen LogP contribution >= 0.6 is 45.9 Å². The van der Waals surface area contributed by atoms with Gasteiger partial charge in [0, 0.05) is 15.5 Å². The van der Waals surface area contributed by atoms with Crippen LogP contribution in [0.1, 0.15) is 4.88 Å². The molecule has 1 aromatic carbocycles. The Balaban J connectivity index is 2.08. The van der Waals surface area contributed by atoms with Gasteiger partial charge in [0.2, 0.25) is 0 Å². The van der Waals surface area contributed by atoms with Crippen molar-refractivity contribution in [2.45, 2.75) is 5.88 Å². The van der Waals surface area contributed by atoms with Gasteiger partial charge in [0.25, 0.3) is 0 Å². The van der Waals surface area contributed by atoms with Crippen LogP contribution in [0.5, 0.6) is 0 Å². The van der Waals surface area contributed by atoms with Gasteiger partial charge >= 0.3 is 0 Å². The SMILES string of the molecule is ClCc1sc(-c2cccs2)nc1-c1ccc(Cl)cc1. The third kappa shape index (κ3) is 2.70. The number of halogens is 2. The van der Waals surface area contributed by atoms with Crippen molar-refractivity contribution in [3.63, 3.8) is 0 Å². The molecule has 19 heavy (non-hydrogen) atoms. The van der Waals surface area contributed by atoms with E-state index in [1.54, 1.807) is 22.7 Å². The van der Waals surface area contributed by atoms with Crippen LogP contribution in [-0.4, -0.2) is 4.98 Å². The number of thiazole rings is 1. The standard InChI is InChI=1S/C14H9Cl2NS2/c15-8-12-13(9-3-5-10(16)6-4-9)17-14(19-12)11-2-1-7-18-11/h1-7H,8H2. The molecule has 0 N–H and O–H groups in total. The predicted molar refractivity (Wildman–Crippen MR) is 85.4 cm³/mol. The van der Waals surface area contributed by atoms with Crippen LogP contribution in [0.3, 0.4) is 0 Å². The van der Waals surface area contributed by atoms with Crippen LogP contribution < -0.4 is 0 Å². The van der Waals surface area contributed by atoms with Crippen molar-refractivity contribution in [1.29, 1.82) is 0 Å². The third-order valence-electron chi connectivity index (χ3n) is 2.67. The van der Waals surface area contributed by atoms with E-state index in [9.17, 15) is 0 Å². The second kappa shape index (κ2) is 5.63. The Hall–Kier alpha value is -0.870. The number of nitrogens with zero attached hydrogens (tertiary/aromatic N) is 1. The summed E-state index contributed by atoms with van der Waals surface area (Å²) in [5.41, 5.74) is 2.01. The summed E-state index contributed by atoms with van der Waals surface area (Å²) < 4.78 is 0. The molecule has 0 aliphatic heterocycles. The van der Waals surface area contributed by atoms with Gasteiger partial charge in [0.1, 0.15) is 5.01 Å². The number of rotatable bonds is 3. The molecular weight excluding hydrogens is 317 g/mol. The first-order valence-electron chi connectivity index (χ1n) is 5.63. The van der Waals surface area contributed by atoms with Gasteiger partial charge in [0.05, 0.1) is 16.5 Å². The van der Waals surface area contributed by atoms with Crippen LogP contribution in [-0.2, 0) is 5.88 Å². The zero-order valence-electron chi connectivity index (χ0n) is 9.77. The average Bonchev–Trinajstić information content (AvgIpc) is 3.08. The highest BCUT2D eigenvalue weighted by Crippen LogP contribution is 2.36. The topological polar surface area (TPSA) is 12.9 Å². The number of alkyl halides is 1. The Labute approximate surface area is 129 Å². The number of aromatic nitrogens is 1. The van der Waals surface area contributed by atoms with E-state index >= 15 is 0 Å². The highest BCUT2D eigenvalue weighted by atomic mass is 35.5. The fourth-order valence-electron chi connectivity index (χ4n) is 1.78. The molecule has 0 unspecified atom stereocenters. The molecule has 0 radical (unpaired) electrons. The second-order valence-corrected chi connectivity index (χ2v) is 6.64. The molecule has 0 saturated heterocycles. The lowest BCUT2D eigenvalue weighted by Gasteiger charge is -1.99. The molecular formula is C14H9Cl2NS2. The Bertz CT molecular complexity index is 672. The van der Waals surface area contributed by atoms with Crippen LogP contribution in [0.15, 0.2) is 41.8 Å². The minimum Gasteiger partial charge on any atom is -0.235 e. The van der Waals surface area contributed by atoms with E-state index in [0.717, 1.165) is 26.2 Å². The molecule has 0 bridgehead atoms. The van der Waals surface area contributed by atoms with Gasteiger partial charge in [-0.05, 0) is 23.6 Å². The van der Waals surface area contributed by atoms with Gasteiger partial charge in [-0.3, -0.25) is 0 Å². The van der Waals surface area contributed by atoms with Crippen molar-refractivity contribution < 1.29 is 0 Å². The molecule has 3 rings (SSSR count). The first-order valence-corrected chi connectivity index (χ1v) is 8.24. The van der Waals surface area contributed by atoms with Crippen LogP contribution in [0.4, 0.5) is 0 Å². The summed E-state index contributed by atoms with van der Waals surface area (Å²) in [5, 5.41) is 3.81. The van der Waals surface area contributed by atoms with Crippen molar-refractivity contribution >= 4 is 45.9 Å². The lowest BCUT2D eigenvalue weighted by molar-refractivity contribution is 1.36. The van der Waals surface area contributed by atoms with Crippen molar-refractivity contribution in [2.75, 3.05) is 0 Å². The van der Waals surface area contributed by atoms with Gasteiger partial charge in [0.15, 0.2) is 0 Å². The zero-order valence-corrected chi connectivity index (χ0v) is 12.9. The minimum atomic E-state index is 0.473. The molecule has 0 amide bonds. The molecule has 0 atom stereocenters. The maximum atomic E-state index is 6.04. The minimum absolute atomic E-state index is 0.473. The zero-order chi connectivity index (χ0) is 13.2. The largest absolute Gasteiger partial charge is 0.235 e. The van der Waals surface area contributed by atoms with Gasteiger partial charge < -0.3 is 0 Å². The van der Waals surface area contributed by atoms with Gasteiger partial charge in [-0.2, -0.15) is 0 Å². The van der Waals surface area contributed by atoms with E-state index in [1.807, 2.05) is 30.3 Å². The summed E-state index contributed by atoms with van der Waals surface area (Å²) in [6, 6.07) is 11.8. The predicted octanol–water partition coefficient (Wildman–Crippen LogP) is 5.93. The Morgan fingerprint density at radius 1 is 1.11 bits per heavy atom. The second-order valence-electron chi connectivity index (χ2n) is 3.91. The summed E-state index contributed by atoms with van der Waals surface area (Å²) in [7, 11) is 0. The van der Waals surface area contributed by atoms with E-state index in [4.69, 9.17) is 28.2 Å². The first-order chi connectivity index (χ1) is 9.28. The maximum Gasteiger partial charge on any atom is 0.134 e. The van der Waals surface area contributed by atoms with Crippen molar-refractivity contribution in [1.82, 2.24) is 4.98 Å². The van der Waals surface area contributed by atoms with Gasteiger partial charge in [-0.1, -0.05) is 29.8 Å². The van der Waals surface area contributed by atoms with E-state index in [1.165, 1.54) is 4.88 Å². The highest BCUT2D eigenvalue weighted by Gasteiger charge is 2.14. The number of benzene rings is 1. The quantitative estimate of drug-likeness (QED) is 0.544. The van der Waals surface area contributed by atoms with Crippen molar-refractivity contribution in [2.24, 2.45) is 0 Å². The first kappa shape index (κ1) is 13.1. The summed E-state index contributed by atoms with van der Waals surface area (Å²) in [6.07, 6.45) is 0. The molecule has 0 spiro atoms. The van der Waals surface area contributed by atoms with Gasteiger partial charge in [-0.25, -0.2) is 4.98 Å². The fourth-order valence-corrected chi connectivity index (χ4v) is 3.93. The Kier molecular flexibility index (Phi) is 3.89. The maximum absolute atomic E-state index is 6.04. The molecule has 96 valence electrons. The lowest BCUT2D eigenvalue weighted by atomic mass is 10.1. The lowest BCUT2D eigenvalue weighted by Crippen LogP contribution is -1.82. The molecule has 0 aliphatic rings. The number of hydrogen-bond donors (Lipinski definition) is 0. The Morgan fingerprint density at radius 2 is 1.89 bits per heavy atom. The molecule has 0 aliphatic carbocycles. The molecule has 3 aromatic rings. The molecule has 2 aromatic heterocycles. The molecule has 0 saturated carbocycles. The van der Waals surface area contributed by atoms with Crippen molar-refractivity contribution in [3.8, 4) is 21.1 Å².